The van der Waals surface area contributed by atoms with Crippen molar-refractivity contribution in [2.24, 2.45) is 0 Å². The standard InChI is InChI=1S/C19H21FN2O4/c1-12-4-5-13(2)17(10-12)25-11-18(23)21-22-19(24)14(3)26-16-8-6-15(20)7-9-16/h4-10,14H,11H2,1-3H3,(H,21,23)(H,22,24). The van der Waals surface area contributed by atoms with E-state index in [1.165, 1.54) is 31.2 Å². The molecule has 0 saturated heterocycles. The molecule has 2 rings (SSSR count). The molecule has 0 aromatic heterocycles. The van der Waals surface area contributed by atoms with Crippen molar-refractivity contribution in [1.29, 1.82) is 0 Å². The second-order valence-electron chi connectivity index (χ2n) is 5.81. The van der Waals surface area contributed by atoms with Gasteiger partial charge in [-0.05, 0) is 62.2 Å². The number of halogens is 1. The van der Waals surface area contributed by atoms with Gasteiger partial charge in [-0.1, -0.05) is 12.1 Å². The van der Waals surface area contributed by atoms with Crippen LogP contribution in [0, 0.1) is 19.7 Å². The van der Waals surface area contributed by atoms with E-state index in [1.54, 1.807) is 0 Å². The van der Waals surface area contributed by atoms with Crippen molar-refractivity contribution in [3.05, 3.63) is 59.4 Å². The van der Waals surface area contributed by atoms with Gasteiger partial charge in [-0.3, -0.25) is 20.4 Å². The summed E-state index contributed by atoms with van der Waals surface area (Å²) < 4.78 is 23.6. The van der Waals surface area contributed by atoms with E-state index >= 15 is 0 Å². The Morgan fingerprint density at radius 1 is 1.08 bits per heavy atom. The van der Waals surface area contributed by atoms with E-state index in [0.717, 1.165) is 11.1 Å². The molecule has 7 heteroatoms. The highest BCUT2D eigenvalue weighted by Crippen LogP contribution is 2.18. The van der Waals surface area contributed by atoms with Crippen LogP contribution in [-0.4, -0.2) is 24.5 Å². The summed E-state index contributed by atoms with van der Waals surface area (Å²) in [6, 6.07) is 11.0. The lowest BCUT2D eigenvalue weighted by Gasteiger charge is -2.15. The maximum atomic E-state index is 12.8. The Morgan fingerprint density at radius 2 is 1.77 bits per heavy atom. The number of rotatable bonds is 6. The number of ether oxygens (including phenoxy) is 2. The first-order valence-corrected chi connectivity index (χ1v) is 8.06. The fourth-order valence-corrected chi connectivity index (χ4v) is 2.05. The molecular formula is C19H21FN2O4. The Morgan fingerprint density at radius 3 is 2.46 bits per heavy atom. The first-order valence-electron chi connectivity index (χ1n) is 8.06. The van der Waals surface area contributed by atoms with Gasteiger partial charge in [-0.25, -0.2) is 4.39 Å². The number of hydrazine groups is 1. The second kappa shape index (κ2) is 8.84. The van der Waals surface area contributed by atoms with Crippen LogP contribution in [0.2, 0.25) is 0 Å². The summed E-state index contributed by atoms with van der Waals surface area (Å²) in [6.07, 6.45) is -0.874. The Labute approximate surface area is 151 Å². The Kier molecular flexibility index (Phi) is 6.54. The predicted molar refractivity (Wildman–Crippen MR) is 94.2 cm³/mol. The SMILES string of the molecule is Cc1ccc(C)c(OCC(=O)NNC(=O)C(C)Oc2ccc(F)cc2)c1. The number of benzene rings is 2. The highest BCUT2D eigenvalue weighted by atomic mass is 19.1. The van der Waals surface area contributed by atoms with Crippen LogP contribution in [0.3, 0.4) is 0 Å². The fourth-order valence-electron chi connectivity index (χ4n) is 2.05. The maximum absolute atomic E-state index is 12.8. The van der Waals surface area contributed by atoms with Crippen LogP contribution in [-0.2, 0) is 9.59 Å². The smallest absolute Gasteiger partial charge is 0.279 e. The minimum atomic E-state index is -0.874. The molecule has 138 valence electrons. The van der Waals surface area contributed by atoms with E-state index in [-0.39, 0.29) is 6.61 Å². The topological polar surface area (TPSA) is 76.7 Å². The minimum absolute atomic E-state index is 0.238. The van der Waals surface area contributed by atoms with Crippen molar-refractivity contribution in [3.63, 3.8) is 0 Å². The summed E-state index contributed by atoms with van der Waals surface area (Å²) in [5, 5.41) is 0. The summed E-state index contributed by atoms with van der Waals surface area (Å²) >= 11 is 0. The molecule has 0 aliphatic rings. The third-order valence-electron chi connectivity index (χ3n) is 3.52. The molecule has 2 amide bonds. The van der Waals surface area contributed by atoms with E-state index < -0.39 is 23.7 Å². The van der Waals surface area contributed by atoms with Crippen LogP contribution in [0.4, 0.5) is 4.39 Å². The number of aryl methyl sites for hydroxylation is 2. The normalized spacial score (nSPS) is 11.4. The van der Waals surface area contributed by atoms with Crippen LogP contribution < -0.4 is 20.3 Å². The average Bonchev–Trinajstić information content (AvgIpc) is 2.62. The summed E-state index contributed by atoms with van der Waals surface area (Å²) in [6.45, 7) is 5.08. The number of amides is 2. The van der Waals surface area contributed by atoms with Crippen LogP contribution in [0.15, 0.2) is 42.5 Å². The largest absolute Gasteiger partial charge is 0.483 e. The highest BCUT2D eigenvalue weighted by Gasteiger charge is 2.15. The number of hydrogen-bond acceptors (Lipinski definition) is 4. The van der Waals surface area contributed by atoms with Crippen molar-refractivity contribution >= 4 is 11.8 Å². The van der Waals surface area contributed by atoms with E-state index in [9.17, 15) is 14.0 Å². The lowest BCUT2D eigenvalue weighted by Crippen LogP contribution is -2.48. The summed E-state index contributed by atoms with van der Waals surface area (Å²) in [7, 11) is 0. The van der Waals surface area contributed by atoms with Gasteiger partial charge in [0.25, 0.3) is 11.8 Å². The summed E-state index contributed by atoms with van der Waals surface area (Å²) in [5.74, 6) is -0.494. The molecule has 0 radical (unpaired) electrons. The van der Waals surface area contributed by atoms with Crippen molar-refractivity contribution < 1.29 is 23.5 Å². The van der Waals surface area contributed by atoms with Crippen LogP contribution in [0.1, 0.15) is 18.1 Å². The van der Waals surface area contributed by atoms with Gasteiger partial charge in [0.05, 0.1) is 0 Å². The van der Waals surface area contributed by atoms with Crippen molar-refractivity contribution in [1.82, 2.24) is 10.9 Å². The molecule has 1 unspecified atom stereocenters. The van der Waals surface area contributed by atoms with E-state index in [4.69, 9.17) is 9.47 Å². The van der Waals surface area contributed by atoms with Gasteiger partial charge in [-0.2, -0.15) is 0 Å². The molecule has 0 aliphatic heterocycles. The highest BCUT2D eigenvalue weighted by molar-refractivity contribution is 5.85. The first-order chi connectivity index (χ1) is 12.3. The Bertz CT molecular complexity index is 778. The van der Waals surface area contributed by atoms with Gasteiger partial charge in [0.15, 0.2) is 12.7 Å². The minimum Gasteiger partial charge on any atom is -0.483 e. The second-order valence-corrected chi connectivity index (χ2v) is 5.81. The molecule has 0 bridgehead atoms. The number of carbonyl (C=O) groups is 2. The zero-order chi connectivity index (χ0) is 19.1. The Balaban J connectivity index is 1.76. The van der Waals surface area contributed by atoms with Gasteiger partial charge < -0.3 is 9.47 Å². The molecule has 0 heterocycles. The monoisotopic (exact) mass is 360 g/mol. The number of nitrogens with one attached hydrogen (secondary N) is 2. The molecule has 0 fully saturated rings. The molecule has 26 heavy (non-hydrogen) atoms. The average molecular weight is 360 g/mol. The van der Waals surface area contributed by atoms with Gasteiger partial charge in [0, 0.05) is 0 Å². The van der Waals surface area contributed by atoms with Crippen molar-refractivity contribution in [3.8, 4) is 11.5 Å². The van der Waals surface area contributed by atoms with E-state index in [2.05, 4.69) is 10.9 Å². The molecular weight excluding hydrogens is 339 g/mol. The van der Waals surface area contributed by atoms with Crippen LogP contribution in [0.5, 0.6) is 11.5 Å². The van der Waals surface area contributed by atoms with Crippen LogP contribution >= 0.6 is 0 Å². The molecule has 2 N–H and O–H groups in total. The molecule has 2 aromatic carbocycles. The predicted octanol–water partition coefficient (Wildman–Crippen LogP) is 2.44. The zero-order valence-corrected chi connectivity index (χ0v) is 14.8. The lowest BCUT2D eigenvalue weighted by molar-refractivity contribution is -0.133. The number of carbonyl (C=O) groups excluding carboxylic acids is 2. The first kappa shape index (κ1) is 19.2. The molecule has 0 spiro atoms. The molecule has 6 nitrogen and oxygen atoms in total. The van der Waals surface area contributed by atoms with Crippen LogP contribution in [0.25, 0.3) is 0 Å². The fraction of sp³-hybridized carbons (Fsp3) is 0.263. The molecule has 0 aliphatic carbocycles. The third kappa shape index (κ3) is 5.77. The Hall–Kier alpha value is -3.09. The third-order valence-corrected chi connectivity index (χ3v) is 3.52. The van der Waals surface area contributed by atoms with Crippen molar-refractivity contribution in [2.75, 3.05) is 6.61 Å². The van der Waals surface area contributed by atoms with Crippen molar-refractivity contribution in [2.45, 2.75) is 26.9 Å². The van der Waals surface area contributed by atoms with E-state index in [1.807, 2.05) is 32.0 Å². The van der Waals surface area contributed by atoms with E-state index in [0.29, 0.717) is 11.5 Å². The maximum Gasteiger partial charge on any atom is 0.279 e. The quantitative estimate of drug-likeness (QED) is 0.776. The molecule has 0 saturated carbocycles. The molecule has 2 aromatic rings. The summed E-state index contributed by atoms with van der Waals surface area (Å²) in [5.41, 5.74) is 6.45. The lowest BCUT2D eigenvalue weighted by atomic mass is 10.1. The van der Waals surface area contributed by atoms with Gasteiger partial charge in [0.1, 0.15) is 17.3 Å². The summed E-state index contributed by atoms with van der Waals surface area (Å²) in [4.78, 5) is 23.7. The van der Waals surface area contributed by atoms with Gasteiger partial charge >= 0.3 is 0 Å². The number of hydrogen-bond donors (Lipinski definition) is 2. The van der Waals surface area contributed by atoms with Gasteiger partial charge in [0.2, 0.25) is 0 Å². The zero-order valence-electron chi connectivity index (χ0n) is 14.8. The van der Waals surface area contributed by atoms with Gasteiger partial charge in [-0.15, -0.1) is 0 Å². The molecule has 1 atom stereocenters.